The first-order valence-corrected chi connectivity index (χ1v) is 10.6. The van der Waals surface area contributed by atoms with Crippen molar-refractivity contribution in [3.8, 4) is 0 Å². The van der Waals surface area contributed by atoms with Crippen LogP contribution in [-0.4, -0.2) is 15.3 Å². The summed E-state index contributed by atoms with van der Waals surface area (Å²) in [5.74, 6) is 0. The van der Waals surface area contributed by atoms with Crippen LogP contribution in [0.1, 0.15) is 64.2 Å². The summed E-state index contributed by atoms with van der Waals surface area (Å²) in [5.41, 5.74) is 5.46. The number of unbranched alkanes of at least 4 members (excludes halogenated alkanes) is 9. The van der Waals surface area contributed by atoms with Crippen LogP contribution in [0.25, 0.3) is 0 Å². The molecule has 2 heteroatoms. The smallest absolute Gasteiger partial charge is 0.0305 e. The SMILES string of the molecule is C[SiH](C)CCCCCCCCCCCCN. The molecule has 0 atom stereocenters. The summed E-state index contributed by atoms with van der Waals surface area (Å²) in [6, 6.07) is 1.55. The van der Waals surface area contributed by atoms with Crippen LogP contribution >= 0.6 is 0 Å². The average molecular weight is 244 g/mol. The summed E-state index contributed by atoms with van der Waals surface area (Å²) in [7, 11) is -0.262. The van der Waals surface area contributed by atoms with Crippen LogP contribution in [0.2, 0.25) is 19.1 Å². The Kier molecular flexibility index (Phi) is 13.4. The topological polar surface area (TPSA) is 26.0 Å². The second kappa shape index (κ2) is 13.2. The van der Waals surface area contributed by atoms with Gasteiger partial charge in [-0.25, -0.2) is 0 Å². The summed E-state index contributed by atoms with van der Waals surface area (Å²) in [5, 5.41) is 0. The van der Waals surface area contributed by atoms with Gasteiger partial charge in [-0.3, -0.25) is 0 Å². The summed E-state index contributed by atoms with van der Waals surface area (Å²) in [6.07, 6.45) is 14.2. The van der Waals surface area contributed by atoms with Gasteiger partial charge in [-0.2, -0.15) is 0 Å². The molecule has 0 aliphatic carbocycles. The minimum atomic E-state index is -0.262. The van der Waals surface area contributed by atoms with Crippen LogP contribution in [0.15, 0.2) is 0 Å². The van der Waals surface area contributed by atoms with Gasteiger partial charge in [0.05, 0.1) is 0 Å². The maximum Gasteiger partial charge on any atom is 0.0305 e. The number of nitrogens with two attached hydrogens (primary N) is 1. The largest absolute Gasteiger partial charge is 0.330 e. The number of hydrogen-bond acceptors (Lipinski definition) is 1. The zero-order valence-electron chi connectivity index (χ0n) is 11.6. The Labute approximate surface area is 105 Å². The number of rotatable bonds is 12. The van der Waals surface area contributed by atoms with Crippen molar-refractivity contribution in [2.75, 3.05) is 6.54 Å². The Morgan fingerprint density at radius 3 is 1.38 bits per heavy atom. The van der Waals surface area contributed by atoms with Crippen molar-refractivity contribution in [1.82, 2.24) is 0 Å². The van der Waals surface area contributed by atoms with E-state index in [4.69, 9.17) is 5.73 Å². The van der Waals surface area contributed by atoms with Gasteiger partial charge >= 0.3 is 0 Å². The highest BCUT2D eigenvalue weighted by Gasteiger charge is 1.96. The fourth-order valence-electron chi connectivity index (χ4n) is 2.11. The molecule has 0 aliphatic heterocycles. The van der Waals surface area contributed by atoms with Crippen LogP contribution in [0.4, 0.5) is 0 Å². The normalized spacial score (nSPS) is 11.2. The van der Waals surface area contributed by atoms with E-state index in [-0.39, 0.29) is 8.80 Å². The molecule has 1 nitrogen and oxygen atoms in total. The Hall–Kier alpha value is 0.177. The van der Waals surface area contributed by atoms with Crippen LogP contribution in [0, 0.1) is 0 Å². The Balaban J connectivity index is 2.88. The van der Waals surface area contributed by atoms with Crippen LogP contribution in [0.3, 0.4) is 0 Å². The van der Waals surface area contributed by atoms with Crippen molar-refractivity contribution in [1.29, 1.82) is 0 Å². The summed E-state index contributed by atoms with van der Waals surface area (Å²) < 4.78 is 0. The van der Waals surface area contributed by atoms with E-state index in [1.165, 1.54) is 64.2 Å². The molecule has 0 rings (SSSR count). The molecule has 0 aromatic carbocycles. The van der Waals surface area contributed by atoms with Gasteiger partial charge in [-0.15, -0.1) is 0 Å². The molecule has 0 amide bonds. The van der Waals surface area contributed by atoms with Crippen molar-refractivity contribution in [2.45, 2.75) is 83.3 Å². The molecule has 0 unspecified atom stereocenters. The first-order chi connectivity index (χ1) is 7.77. The van der Waals surface area contributed by atoms with Crippen molar-refractivity contribution < 1.29 is 0 Å². The summed E-state index contributed by atoms with van der Waals surface area (Å²) >= 11 is 0. The molecule has 2 N–H and O–H groups in total. The molecule has 0 aliphatic rings. The predicted octanol–water partition coefficient (Wildman–Crippen LogP) is 4.33. The van der Waals surface area contributed by atoms with Gasteiger partial charge in [0.2, 0.25) is 0 Å². The summed E-state index contributed by atoms with van der Waals surface area (Å²) in [6.45, 7) is 5.79. The molecule has 0 saturated heterocycles. The van der Waals surface area contributed by atoms with E-state index in [1.807, 2.05) is 0 Å². The molecule has 98 valence electrons. The van der Waals surface area contributed by atoms with Crippen molar-refractivity contribution in [2.24, 2.45) is 5.73 Å². The maximum atomic E-state index is 5.46. The zero-order valence-corrected chi connectivity index (χ0v) is 12.8. The van der Waals surface area contributed by atoms with Crippen molar-refractivity contribution in [3.63, 3.8) is 0 Å². The summed E-state index contributed by atoms with van der Waals surface area (Å²) in [4.78, 5) is 0. The fourth-order valence-corrected chi connectivity index (χ4v) is 3.22. The molecular formula is C14H33NSi. The molecule has 0 bridgehead atoms. The second-order valence-corrected chi connectivity index (χ2v) is 8.87. The molecule has 0 aromatic heterocycles. The second-order valence-electron chi connectivity index (χ2n) is 5.51. The lowest BCUT2D eigenvalue weighted by Gasteiger charge is -2.03. The van der Waals surface area contributed by atoms with Gasteiger partial charge in [0.1, 0.15) is 0 Å². The Bertz CT molecular complexity index is 126. The van der Waals surface area contributed by atoms with Crippen LogP contribution in [0.5, 0.6) is 0 Å². The third-order valence-corrected chi connectivity index (χ3v) is 4.80. The first kappa shape index (κ1) is 16.2. The van der Waals surface area contributed by atoms with E-state index in [9.17, 15) is 0 Å². The molecule has 0 heterocycles. The van der Waals surface area contributed by atoms with E-state index in [0.29, 0.717) is 0 Å². The number of hydrogen-bond donors (Lipinski definition) is 1. The molecule has 0 spiro atoms. The van der Waals surface area contributed by atoms with Crippen LogP contribution in [-0.2, 0) is 0 Å². The zero-order chi connectivity index (χ0) is 12.1. The van der Waals surface area contributed by atoms with Gasteiger partial charge in [0.25, 0.3) is 0 Å². The quantitative estimate of drug-likeness (QED) is 0.401. The highest BCUT2D eigenvalue weighted by Crippen LogP contribution is 2.11. The van der Waals surface area contributed by atoms with E-state index in [0.717, 1.165) is 6.54 Å². The minimum Gasteiger partial charge on any atom is -0.330 e. The van der Waals surface area contributed by atoms with Crippen LogP contribution < -0.4 is 5.73 Å². The van der Waals surface area contributed by atoms with Gasteiger partial charge in [-0.05, 0) is 13.0 Å². The Morgan fingerprint density at radius 2 is 1.00 bits per heavy atom. The van der Waals surface area contributed by atoms with E-state index in [2.05, 4.69) is 13.1 Å². The first-order valence-electron chi connectivity index (χ1n) is 7.47. The van der Waals surface area contributed by atoms with E-state index in [1.54, 1.807) is 6.04 Å². The highest BCUT2D eigenvalue weighted by molar-refractivity contribution is 6.55. The maximum absolute atomic E-state index is 5.46. The molecule has 0 fully saturated rings. The van der Waals surface area contributed by atoms with Gasteiger partial charge in [0.15, 0.2) is 0 Å². The van der Waals surface area contributed by atoms with Gasteiger partial charge in [-0.1, -0.05) is 76.9 Å². The lowest BCUT2D eigenvalue weighted by atomic mass is 10.1. The van der Waals surface area contributed by atoms with Crippen molar-refractivity contribution >= 4 is 8.80 Å². The molecule has 0 radical (unpaired) electrons. The van der Waals surface area contributed by atoms with E-state index < -0.39 is 0 Å². The molecule has 0 aromatic rings. The van der Waals surface area contributed by atoms with Gasteiger partial charge < -0.3 is 5.73 Å². The average Bonchev–Trinajstić information content (AvgIpc) is 2.25. The fraction of sp³-hybridized carbons (Fsp3) is 1.00. The lowest BCUT2D eigenvalue weighted by molar-refractivity contribution is 0.558. The third-order valence-electron chi connectivity index (χ3n) is 3.24. The van der Waals surface area contributed by atoms with E-state index >= 15 is 0 Å². The molecule has 0 saturated carbocycles. The Morgan fingerprint density at radius 1 is 0.625 bits per heavy atom. The minimum absolute atomic E-state index is 0.262. The van der Waals surface area contributed by atoms with Crippen molar-refractivity contribution in [3.05, 3.63) is 0 Å². The molecular weight excluding hydrogens is 210 g/mol. The lowest BCUT2D eigenvalue weighted by Crippen LogP contribution is -1.97. The standard InChI is InChI=1S/C14H33NSi/c1-16(2)14-12-10-8-6-4-3-5-7-9-11-13-15/h16H,3-15H2,1-2H3. The molecule has 16 heavy (non-hydrogen) atoms. The highest BCUT2D eigenvalue weighted by atomic mass is 28.3. The third kappa shape index (κ3) is 14.2. The predicted molar refractivity (Wildman–Crippen MR) is 78.9 cm³/mol. The monoisotopic (exact) mass is 243 g/mol. The van der Waals surface area contributed by atoms with Gasteiger partial charge in [0, 0.05) is 8.80 Å².